The Bertz CT molecular complexity index is 1310. The van der Waals surface area contributed by atoms with Crippen LogP contribution < -0.4 is 16.0 Å². The number of hydrogen-bond donors (Lipinski definition) is 3. The van der Waals surface area contributed by atoms with E-state index >= 15 is 0 Å². The Morgan fingerprint density at radius 3 is 1.74 bits per heavy atom. The van der Waals surface area contributed by atoms with Crippen molar-refractivity contribution in [2.24, 2.45) is 5.11 Å². The van der Waals surface area contributed by atoms with E-state index in [0.29, 0.717) is 0 Å². The second-order valence-corrected chi connectivity index (χ2v) is 10.2. The van der Waals surface area contributed by atoms with Crippen LogP contribution in [0.1, 0.15) is 43.7 Å². The summed E-state index contributed by atoms with van der Waals surface area (Å²) >= 11 is 0. The van der Waals surface area contributed by atoms with Crippen LogP contribution in [0.15, 0.2) is 65.8 Å². The van der Waals surface area contributed by atoms with Crippen molar-refractivity contribution in [2.45, 2.75) is 57.9 Å². The first-order valence-corrected chi connectivity index (χ1v) is 15.2. The molecule has 2 atom stereocenters. The van der Waals surface area contributed by atoms with Crippen LogP contribution in [-0.4, -0.2) is 81.3 Å². The number of azide groups is 1. The van der Waals surface area contributed by atoms with Crippen LogP contribution in [0.3, 0.4) is 0 Å². The lowest BCUT2D eigenvalue weighted by atomic mass is 10.1. The van der Waals surface area contributed by atoms with Gasteiger partial charge in [-0.2, -0.15) is 0 Å². The highest BCUT2D eigenvalue weighted by Crippen LogP contribution is 2.08. The lowest BCUT2D eigenvalue weighted by Gasteiger charge is -2.23. The quantitative estimate of drug-likeness (QED) is 0.0528. The SMILES string of the molecule is CC(=O)N[C@@H](CCC(=O)OCc1ccccc1)C(=O)N[C@H](CCC(=O)OCc1ccccc1)C(=O)NCCOCCOCCN=[N+]=[N-]. The van der Waals surface area contributed by atoms with Crippen molar-refractivity contribution in [1.29, 1.82) is 0 Å². The molecule has 2 aromatic carbocycles. The minimum atomic E-state index is -1.16. The van der Waals surface area contributed by atoms with E-state index in [1.54, 1.807) is 24.3 Å². The zero-order chi connectivity index (χ0) is 34.1. The summed E-state index contributed by atoms with van der Waals surface area (Å²) in [6, 6.07) is 15.9. The molecule has 0 aliphatic heterocycles. The molecular weight excluding hydrogens is 612 g/mol. The minimum Gasteiger partial charge on any atom is -0.461 e. The summed E-state index contributed by atoms with van der Waals surface area (Å²) in [6.07, 6.45) is -0.506. The number of nitrogens with zero attached hydrogens (tertiary/aromatic N) is 3. The molecule has 0 heterocycles. The van der Waals surface area contributed by atoms with Crippen molar-refractivity contribution in [3.05, 3.63) is 82.2 Å². The van der Waals surface area contributed by atoms with Crippen molar-refractivity contribution in [3.8, 4) is 0 Å². The first-order chi connectivity index (χ1) is 22.8. The number of carbonyl (C=O) groups is 5. The molecule has 0 saturated carbocycles. The summed E-state index contributed by atoms with van der Waals surface area (Å²) in [6.45, 7) is 2.57. The third-order valence-corrected chi connectivity index (χ3v) is 6.40. The maximum absolute atomic E-state index is 13.2. The maximum atomic E-state index is 13.2. The van der Waals surface area contributed by atoms with Gasteiger partial charge in [0, 0.05) is 37.8 Å². The smallest absolute Gasteiger partial charge is 0.306 e. The van der Waals surface area contributed by atoms with Crippen LogP contribution in [0, 0.1) is 0 Å². The van der Waals surface area contributed by atoms with E-state index in [-0.39, 0.29) is 78.4 Å². The van der Waals surface area contributed by atoms with Crippen LogP contribution in [0.2, 0.25) is 0 Å². The summed E-state index contributed by atoms with van der Waals surface area (Å²) in [5.41, 5.74) is 9.84. The molecule has 3 amide bonds. The first kappa shape index (κ1) is 38.2. The van der Waals surface area contributed by atoms with Crippen LogP contribution in [0.25, 0.3) is 10.4 Å². The van der Waals surface area contributed by atoms with Gasteiger partial charge >= 0.3 is 11.9 Å². The van der Waals surface area contributed by atoms with Crippen LogP contribution in [-0.2, 0) is 56.1 Å². The van der Waals surface area contributed by atoms with Gasteiger partial charge in [-0.25, -0.2) is 0 Å². The van der Waals surface area contributed by atoms with E-state index in [0.717, 1.165) is 11.1 Å². The number of amides is 3. The van der Waals surface area contributed by atoms with Gasteiger partial charge in [-0.3, -0.25) is 24.0 Å². The topological polar surface area (TPSA) is 207 Å². The molecule has 0 bridgehead atoms. The normalized spacial score (nSPS) is 11.7. The Balaban J connectivity index is 1.92. The molecule has 0 radical (unpaired) electrons. The molecule has 2 rings (SSSR count). The van der Waals surface area contributed by atoms with Crippen molar-refractivity contribution >= 4 is 29.7 Å². The van der Waals surface area contributed by atoms with Gasteiger partial charge in [0.25, 0.3) is 0 Å². The molecule has 0 aromatic heterocycles. The molecule has 254 valence electrons. The summed E-state index contributed by atoms with van der Waals surface area (Å²) in [5.74, 6) is -2.92. The molecule has 47 heavy (non-hydrogen) atoms. The second-order valence-electron chi connectivity index (χ2n) is 10.2. The second kappa shape index (κ2) is 23.4. The van der Waals surface area contributed by atoms with E-state index in [2.05, 4.69) is 26.0 Å². The number of ether oxygens (including phenoxy) is 4. The fourth-order valence-electron chi connectivity index (χ4n) is 4.04. The molecule has 0 aliphatic carbocycles. The zero-order valence-electron chi connectivity index (χ0n) is 26.4. The van der Waals surface area contributed by atoms with Gasteiger partial charge in [0.2, 0.25) is 17.7 Å². The lowest BCUT2D eigenvalue weighted by Crippen LogP contribution is -2.54. The monoisotopic (exact) mass is 654 g/mol. The Kier molecular flexibility index (Phi) is 19.0. The Morgan fingerprint density at radius 1 is 0.723 bits per heavy atom. The molecule has 0 saturated heterocycles. The van der Waals surface area contributed by atoms with E-state index in [1.165, 1.54) is 6.92 Å². The van der Waals surface area contributed by atoms with E-state index < -0.39 is 41.7 Å². The third kappa shape index (κ3) is 17.9. The van der Waals surface area contributed by atoms with Gasteiger partial charge in [-0.15, -0.1) is 0 Å². The van der Waals surface area contributed by atoms with E-state index in [1.807, 2.05) is 36.4 Å². The first-order valence-electron chi connectivity index (χ1n) is 15.2. The van der Waals surface area contributed by atoms with Gasteiger partial charge in [-0.05, 0) is 29.5 Å². The Labute approximate surface area is 273 Å². The van der Waals surface area contributed by atoms with Gasteiger partial charge < -0.3 is 34.9 Å². The predicted octanol–water partition coefficient (Wildman–Crippen LogP) is 2.48. The summed E-state index contributed by atoms with van der Waals surface area (Å²) in [7, 11) is 0. The van der Waals surface area contributed by atoms with E-state index in [9.17, 15) is 24.0 Å². The molecule has 0 fully saturated rings. The van der Waals surface area contributed by atoms with E-state index in [4.69, 9.17) is 24.5 Å². The molecule has 0 aliphatic rings. The molecule has 15 heteroatoms. The third-order valence-electron chi connectivity index (χ3n) is 6.40. The van der Waals surface area contributed by atoms with Crippen molar-refractivity contribution in [2.75, 3.05) is 39.5 Å². The lowest BCUT2D eigenvalue weighted by molar-refractivity contribution is -0.146. The number of esters is 2. The maximum Gasteiger partial charge on any atom is 0.306 e. The Hall–Kier alpha value is -4.98. The summed E-state index contributed by atoms with van der Waals surface area (Å²) in [5, 5.41) is 11.1. The number of hydrogen-bond acceptors (Lipinski definition) is 10. The minimum absolute atomic E-state index is 0.0560. The fraction of sp³-hybridized carbons (Fsp3) is 0.469. The number of carbonyl (C=O) groups excluding carboxylic acids is 5. The molecule has 0 unspecified atom stereocenters. The summed E-state index contributed by atoms with van der Waals surface area (Å²) in [4.78, 5) is 65.6. The van der Waals surface area contributed by atoms with Crippen molar-refractivity contribution in [3.63, 3.8) is 0 Å². The van der Waals surface area contributed by atoms with Crippen LogP contribution >= 0.6 is 0 Å². The average molecular weight is 655 g/mol. The predicted molar refractivity (Wildman–Crippen MR) is 169 cm³/mol. The number of nitrogens with one attached hydrogen (secondary N) is 3. The molecular formula is C32H42N6O9. The standard InChI is InChI=1S/C32H42N6O9/c1-24(39)36-28(13-15-30(41)47-23-26-10-6-3-7-11-26)32(43)37-27(12-14-29(40)46-22-25-8-4-2-5-9-25)31(42)34-16-18-44-20-21-45-19-17-35-38-33/h2-11,27-28H,12-23H2,1H3,(H,34,42)(H,36,39)(H,37,43)/t27-,28+/m1/s1. The molecule has 2 aromatic rings. The van der Waals surface area contributed by atoms with Crippen LogP contribution in [0.4, 0.5) is 0 Å². The number of rotatable bonds is 23. The fourth-order valence-corrected chi connectivity index (χ4v) is 4.04. The Morgan fingerprint density at radius 2 is 1.23 bits per heavy atom. The number of benzene rings is 2. The average Bonchev–Trinajstić information content (AvgIpc) is 3.07. The largest absolute Gasteiger partial charge is 0.461 e. The van der Waals surface area contributed by atoms with Crippen LogP contribution in [0.5, 0.6) is 0 Å². The summed E-state index contributed by atoms with van der Waals surface area (Å²) < 4.78 is 21.2. The van der Waals surface area contributed by atoms with Crippen molar-refractivity contribution < 1.29 is 42.9 Å². The van der Waals surface area contributed by atoms with Gasteiger partial charge in [0.05, 0.1) is 26.4 Å². The van der Waals surface area contributed by atoms with Gasteiger partial charge in [0.15, 0.2) is 0 Å². The zero-order valence-corrected chi connectivity index (χ0v) is 26.4. The van der Waals surface area contributed by atoms with Gasteiger partial charge in [0.1, 0.15) is 25.3 Å². The van der Waals surface area contributed by atoms with Crippen molar-refractivity contribution in [1.82, 2.24) is 16.0 Å². The highest BCUT2D eigenvalue weighted by molar-refractivity contribution is 5.92. The molecule has 3 N–H and O–H groups in total. The molecule has 15 nitrogen and oxygen atoms in total. The molecule has 0 spiro atoms. The van der Waals surface area contributed by atoms with Gasteiger partial charge in [-0.1, -0.05) is 65.8 Å². The highest BCUT2D eigenvalue weighted by atomic mass is 16.5. The highest BCUT2D eigenvalue weighted by Gasteiger charge is 2.27.